The van der Waals surface area contributed by atoms with Crippen molar-refractivity contribution in [3.8, 4) is 0 Å². The van der Waals surface area contributed by atoms with Crippen molar-refractivity contribution >= 4 is 23.2 Å². The molecule has 1 aromatic rings. The third-order valence-electron chi connectivity index (χ3n) is 1.97. The van der Waals surface area contributed by atoms with Crippen molar-refractivity contribution in [1.29, 1.82) is 0 Å². The second-order valence-electron chi connectivity index (χ2n) is 3.05. The van der Waals surface area contributed by atoms with E-state index in [1.165, 1.54) is 0 Å². The second-order valence-corrected chi connectivity index (χ2v) is 3.62. The van der Waals surface area contributed by atoms with Gasteiger partial charge in [-0.1, -0.05) is 24.3 Å². The first-order chi connectivity index (χ1) is 6.69. The van der Waals surface area contributed by atoms with Crippen LogP contribution in [-0.2, 0) is 5.88 Å². The van der Waals surface area contributed by atoms with E-state index in [-0.39, 0.29) is 5.88 Å². The topological polar surface area (TPSA) is 40.5 Å². The van der Waals surface area contributed by atoms with Gasteiger partial charge in [0.2, 0.25) is 0 Å². The summed E-state index contributed by atoms with van der Waals surface area (Å²) >= 11 is 11.1. The maximum Gasteiger partial charge on any atom is 0.106 e. The third kappa shape index (κ3) is 2.85. The molecule has 0 aliphatic carbocycles. The van der Waals surface area contributed by atoms with E-state index in [0.717, 1.165) is 5.56 Å². The lowest BCUT2D eigenvalue weighted by molar-refractivity contribution is 0.0327. The highest BCUT2D eigenvalue weighted by atomic mass is 35.5. The molecule has 14 heavy (non-hydrogen) atoms. The Hall–Kier alpha value is -0.280. The van der Waals surface area contributed by atoms with Gasteiger partial charge in [0.1, 0.15) is 6.10 Å². The van der Waals surface area contributed by atoms with Crippen molar-refractivity contribution in [2.75, 3.05) is 5.88 Å². The van der Waals surface area contributed by atoms with E-state index in [9.17, 15) is 10.2 Å². The molecule has 0 spiro atoms. The normalized spacial score (nSPS) is 15.1. The predicted octanol–water partition coefficient (Wildman–Crippen LogP) is 2.06. The largest absolute Gasteiger partial charge is 0.389 e. The molecule has 0 saturated carbocycles. The number of alkyl halides is 2. The molecule has 1 aromatic carbocycles. The molecule has 0 heterocycles. The smallest absolute Gasteiger partial charge is 0.106 e. The standard InChI is InChI=1S/C10H12Cl2O2/c11-5-7-2-1-3-8(4-7)10(14)9(13)6-12/h1-4,9-10,13-14H,5-6H2. The highest BCUT2D eigenvalue weighted by Crippen LogP contribution is 2.19. The lowest BCUT2D eigenvalue weighted by Gasteiger charge is -2.16. The minimum absolute atomic E-state index is 0.00622. The van der Waals surface area contributed by atoms with Crippen LogP contribution in [0.1, 0.15) is 17.2 Å². The quantitative estimate of drug-likeness (QED) is 0.784. The van der Waals surface area contributed by atoms with Gasteiger partial charge in [-0.05, 0) is 11.1 Å². The fourth-order valence-corrected chi connectivity index (χ4v) is 1.50. The van der Waals surface area contributed by atoms with Gasteiger partial charge in [-0.25, -0.2) is 0 Å². The van der Waals surface area contributed by atoms with Crippen LogP contribution in [-0.4, -0.2) is 22.2 Å². The van der Waals surface area contributed by atoms with Crippen LogP contribution in [0.15, 0.2) is 24.3 Å². The molecule has 2 atom stereocenters. The van der Waals surface area contributed by atoms with Gasteiger partial charge in [0.15, 0.2) is 0 Å². The van der Waals surface area contributed by atoms with Gasteiger partial charge in [-0.3, -0.25) is 0 Å². The molecule has 1 rings (SSSR count). The minimum Gasteiger partial charge on any atom is -0.389 e. The van der Waals surface area contributed by atoms with E-state index in [1.807, 2.05) is 6.07 Å². The summed E-state index contributed by atoms with van der Waals surface area (Å²) in [6.07, 6.45) is -1.89. The van der Waals surface area contributed by atoms with Gasteiger partial charge >= 0.3 is 0 Å². The monoisotopic (exact) mass is 234 g/mol. The molecular weight excluding hydrogens is 223 g/mol. The molecule has 78 valence electrons. The number of hydrogen-bond donors (Lipinski definition) is 2. The van der Waals surface area contributed by atoms with Crippen LogP contribution >= 0.6 is 23.2 Å². The molecule has 0 amide bonds. The van der Waals surface area contributed by atoms with Crippen LogP contribution in [0.2, 0.25) is 0 Å². The Labute approximate surface area is 93.1 Å². The van der Waals surface area contributed by atoms with E-state index in [2.05, 4.69) is 0 Å². The first kappa shape index (κ1) is 11.8. The lowest BCUT2D eigenvalue weighted by Crippen LogP contribution is -2.19. The highest BCUT2D eigenvalue weighted by molar-refractivity contribution is 6.18. The van der Waals surface area contributed by atoms with Crippen molar-refractivity contribution in [2.45, 2.75) is 18.1 Å². The van der Waals surface area contributed by atoms with Crippen molar-refractivity contribution < 1.29 is 10.2 Å². The van der Waals surface area contributed by atoms with Crippen molar-refractivity contribution in [3.63, 3.8) is 0 Å². The SMILES string of the molecule is OC(CCl)C(O)c1cccc(CCl)c1. The predicted molar refractivity (Wildman–Crippen MR) is 57.7 cm³/mol. The molecule has 0 aromatic heterocycles. The number of rotatable bonds is 4. The van der Waals surface area contributed by atoms with Crippen molar-refractivity contribution in [3.05, 3.63) is 35.4 Å². The van der Waals surface area contributed by atoms with E-state index in [4.69, 9.17) is 23.2 Å². The first-order valence-corrected chi connectivity index (χ1v) is 5.33. The molecule has 0 bridgehead atoms. The zero-order valence-corrected chi connectivity index (χ0v) is 9.04. The molecule has 0 aliphatic heterocycles. The zero-order chi connectivity index (χ0) is 10.6. The Kier molecular flexibility index (Phi) is 4.69. The molecule has 2 nitrogen and oxygen atoms in total. The number of hydrogen-bond acceptors (Lipinski definition) is 2. The lowest BCUT2D eigenvalue weighted by atomic mass is 10.0. The van der Waals surface area contributed by atoms with Crippen LogP contribution < -0.4 is 0 Å². The number of benzene rings is 1. The average Bonchev–Trinajstić information content (AvgIpc) is 2.27. The minimum atomic E-state index is -0.948. The zero-order valence-electron chi connectivity index (χ0n) is 7.53. The molecule has 0 saturated heterocycles. The number of aliphatic hydroxyl groups excluding tert-OH is 2. The van der Waals surface area contributed by atoms with Gasteiger partial charge < -0.3 is 10.2 Å². The average molecular weight is 235 g/mol. The fourth-order valence-electron chi connectivity index (χ4n) is 1.17. The van der Waals surface area contributed by atoms with Crippen LogP contribution in [0.3, 0.4) is 0 Å². The Morgan fingerprint density at radius 2 is 1.93 bits per heavy atom. The van der Waals surface area contributed by atoms with Crippen molar-refractivity contribution in [2.24, 2.45) is 0 Å². The summed E-state index contributed by atoms with van der Waals surface area (Å²) in [5, 5.41) is 19.0. The molecule has 0 aliphatic rings. The maximum atomic E-state index is 9.63. The van der Waals surface area contributed by atoms with Gasteiger partial charge in [0, 0.05) is 5.88 Å². The van der Waals surface area contributed by atoms with Crippen LogP contribution in [0.25, 0.3) is 0 Å². The van der Waals surface area contributed by atoms with Gasteiger partial charge in [0.05, 0.1) is 12.0 Å². The third-order valence-corrected chi connectivity index (χ3v) is 2.59. The van der Waals surface area contributed by atoms with Crippen LogP contribution in [0.5, 0.6) is 0 Å². The van der Waals surface area contributed by atoms with E-state index in [0.29, 0.717) is 11.4 Å². The second kappa shape index (κ2) is 5.56. The summed E-state index contributed by atoms with van der Waals surface area (Å²) in [6, 6.07) is 7.14. The molecular formula is C10H12Cl2O2. The molecule has 0 radical (unpaired) electrons. The first-order valence-electron chi connectivity index (χ1n) is 4.26. The summed E-state index contributed by atoms with van der Waals surface area (Å²) in [5.74, 6) is 0.393. The molecule has 4 heteroatoms. The summed E-state index contributed by atoms with van der Waals surface area (Å²) < 4.78 is 0. The fraction of sp³-hybridized carbons (Fsp3) is 0.400. The van der Waals surface area contributed by atoms with E-state index in [1.54, 1.807) is 18.2 Å². The number of aliphatic hydroxyl groups is 2. The van der Waals surface area contributed by atoms with Crippen molar-refractivity contribution in [1.82, 2.24) is 0 Å². The molecule has 0 fully saturated rings. The van der Waals surface area contributed by atoms with Gasteiger partial charge in [0.25, 0.3) is 0 Å². The maximum absolute atomic E-state index is 9.63. The summed E-state index contributed by atoms with van der Waals surface area (Å²) in [6.45, 7) is 0. The van der Waals surface area contributed by atoms with Crippen LogP contribution in [0, 0.1) is 0 Å². The molecule has 2 unspecified atom stereocenters. The van der Waals surface area contributed by atoms with E-state index >= 15 is 0 Å². The van der Waals surface area contributed by atoms with E-state index < -0.39 is 12.2 Å². The Morgan fingerprint density at radius 3 is 2.50 bits per heavy atom. The summed E-state index contributed by atoms with van der Waals surface area (Å²) in [4.78, 5) is 0. The Morgan fingerprint density at radius 1 is 1.21 bits per heavy atom. The molecule has 2 N–H and O–H groups in total. The highest BCUT2D eigenvalue weighted by Gasteiger charge is 2.17. The van der Waals surface area contributed by atoms with Crippen LogP contribution in [0.4, 0.5) is 0 Å². The Balaban J connectivity index is 2.83. The number of halogens is 2. The summed E-state index contributed by atoms with van der Waals surface area (Å²) in [5.41, 5.74) is 1.54. The summed E-state index contributed by atoms with van der Waals surface area (Å²) in [7, 11) is 0. The van der Waals surface area contributed by atoms with Gasteiger partial charge in [-0.2, -0.15) is 0 Å². The Bertz CT molecular complexity index is 291. The van der Waals surface area contributed by atoms with Gasteiger partial charge in [-0.15, -0.1) is 23.2 Å².